The Labute approximate surface area is 183 Å². The third kappa shape index (κ3) is 4.53. The summed E-state index contributed by atoms with van der Waals surface area (Å²) < 4.78 is 12.3. The minimum atomic E-state index is -0.570. The lowest BCUT2D eigenvalue weighted by atomic mass is 10.1. The monoisotopic (exact) mass is 437 g/mol. The van der Waals surface area contributed by atoms with Gasteiger partial charge in [0.15, 0.2) is 5.58 Å². The molecule has 1 aliphatic rings. The van der Waals surface area contributed by atoms with Crippen molar-refractivity contribution in [2.45, 2.75) is 6.10 Å². The molecule has 31 heavy (non-hydrogen) atoms. The van der Waals surface area contributed by atoms with Crippen molar-refractivity contribution in [1.29, 1.82) is 0 Å². The van der Waals surface area contributed by atoms with Gasteiger partial charge >= 0.3 is 0 Å². The molecule has 1 aliphatic heterocycles. The second-order valence-corrected chi connectivity index (χ2v) is 8.39. The number of piperazine rings is 1. The van der Waals surface area contributed by atoms with E-state index in [-0.39, 0.29) is 6.61 Å². The fourth-order valence-electron chi connectivity index (χ4n) is 3.72. The number of aliphatic hydroxyl groups excluding tert-OH is 1. The molecule has 1 fully saturated rings. The standard InChI is InChI=1S/C22H23N5O3S/c28-17(14-26-8-10-27(11-9-26)22-23-6-2-7-24-22)15-29-18-4-1-3-16(13-18)20-21-19(30-25-20)5-12-31-21/h1-7,12-13,17,28H,8-11,14-15H2/t17-/m1/s1. The predicted molar refractivity (Wildman–Crippen MR) is 120 cm³/mol. The van der Waals surface area contributed by atoms with Crippen LogP contribution in [0.5, 0.6) is 5.75 Å². The second kappa shape index (κ2) is 9.01. The van der Waals surface area contributed by atoms with Crippen LogP contribution < -0.4 is 9.64 Å². The van der Waals surface area contributed by atoms with E-state index in [0.29, 0.717) is 12.3 Å². The molecule has 0 spiro atoms. The summed E-state index contributed by atoms with van der Waals surface area (Å²) in [6, 6.07) is 11.5. The molecule has 0 amide bonds. The van der Waals surface area contributed by atoms with Crippen molar-refractivity contribution in [3.63, 3.8) is 0 Å². The Bertz CT molecular complexity index is 1120. The number of ether oxygens (including phenoxy) is 1. The lowest BCUT2D eigenvalue weighted by Crippen LogP contribution is -2.49. The van der Waals surface area contributed by atoms with E-state index in [9.17, 15) is 5.11 Å². The number of aliphatic hydroxyl groups is 1. The van der Waals surface area contributed by atoms with Crippen molar-refractivity contribution < 1.29 is 14.4 Å². The molecule has 1 aromatic carbocycles. The first-order valence-electron chi connectivity index (χ1n) is 10.2. The number of fused-ring (bicyclic) bond motifs is 1. The fraction of sp³-hybridized carbons (Fsp3) is 0.318. The molecule has 0 unspecified atom stereocenters. The van der Waals surface area contributed by atoms with E-state index >= 15 is 0 Å². The Kier molecular flexibility index (Phi) is 5.79. The maximum atomic E-state index is 10.5. The fourth-order valence-corrected chi connectivity index (χ4v) is 4.54. The molecule has 4 aromatic rings. The van der Waals surface area contributed by atoms with Crippen LogP contribution in [0.1, 0.15) is 0 Å². The summed E-state index contributed by atoms with van der Waals surface area (Å²) in [7, 11) is 0. The molecule has 0 saturated carbocycles. The van der Waals surface area contributed by atoms with E-state index in [1.165, 1.54) is 0 Å². The van der Waals surface area contributed by atoms with Gasteiger partial charge in [-0.25, -0.2) is 9.97 Å². The van der Waals surface area contributed by atoms with E-state index in [1.54, 1.807) is 23.7 Å². The van der Waals surface area contributed by atoms with Gasteiger partial charge < -0.3 is 19.3 Å². The zero-order valence-corrected chi connectivity index (χ0v) is 17.7. The summed E-state index contributed by atoms with van der Waals surface area (Å²) in [6.07, 6.45) is 2.95. The molecule has 4 heterocycles. The summed E-state index contributed by atoms with van der Waals surface area (Å²) in [4.78, 5) is 13.0. The molecular formula is C22H23N5O3S. The second-order valence-electron chi connectivity index (χ2n) is 7.47. The molecule has 8 nitrogen and oxygen atoms in total. The largest absolute Gasteiger partial charge is 0.491 e. The highest BCUT2D eigenvalue weighted by atomic mass is 32.1. The number of benzene rings is 1. The van der Waals surface area contributed by atoms with Gasteiger partial charge in [0.1, 0.15) is 28.9 Å². The van der Waals surface area contributed by atoms with E-state index in [0.717, 1.165) is 53.7 Å². The van der Waals surface area contributed by atoms with Gasteiger partial charge in [0.25, 0.3) is 0 Å². The summed E-state index contributed by atoms with van der Waals surface area (Å²) in [6.45, 7) is 4.20. The molecule has 0 aliphatic carbocycles. The molecule has 1 atom stereocenters. The highest BCUT2D eigenvalue weighted by Gasteiger charge is 2.21. The van der Waals surface area contributed by atoms with Crippen molar-refractivity contribution in [1.82, 2.24) is 20.0 Å². The smallest absolute Gasteiger partial charge is 0.225 e. The number of rotatable bonds is 7. The van der Waals surface area contributed by atoms with Crippen LogP contribution in [0.3, 0.4) is 0 Å². The average Bonchev–Trinajstić information content (AvgIpc) is 3.43. The Hall–Kier alpha value is -3.01. The van der Waals surface area contributed by atoms with Crippen molar-refractivity contribution in [2.75, 3.05) is 44.2 Å². The van der Waals surface area contributed by atoms with Crippen LogP contribution in [-0.4, -0.2) is 70.6 Å². The van der Waals surface area contributed by atoms with Crippen LogP contribution in [0.2, 0.25) is 0 Å². The van der Waals surface area contributed by atoms with Gasteiger partial charge in [0.2, 0.25) is 5.95 Å². The molecule has 1 saturated heterocycles. The average molecular weight is 438 g/mol. The highest BCUT2D eigenvalue weighted by molar-refractivity contribution is 7.17. The predicted octanol–water partition coefficient (Wildman–Crippen LogP) is 2.91. The van der Waals surface area contributed by atoms with Crippen LogP contribution in [0.15, 0.2) is 58.7 Å². The van der Waals surface area contributed by atoms with Crippen molar-refractivity contribution in [3.05, 3.63) is 54.2 Å². The number of thiophene rings is 1. The summed E-state index contributed by atoms with van der Waals surface area (Å²) in [5.74, 6) is 1.47. The summed E-state index contributed by atoms with van der Waals surface area (Å²) in [5, 5.41) is 16.6. The first-order valence-corrected chi connectivity index (χ1v) is 11.1. The number of aromatic nitrogens is 3. The molecule has 1 N–H and O–H groups in total. The van der Waals surface area contributed by atoms with Crippen LogP contribution in [0.4, 0.5) is 5.95 Å². The molecular weight excluding hydrogens is 414 g/mol. The quantitative estimate of drug-likeness (QED) is 0.472. The number of hydrogen-bond donors (Lipinski definition) is 1. The Morgan fingerprint density at radius 1 is 1.10 bits per heavy atom. The van der Waals surface area contributed by atoms with Gasteiger partial charge in [-0.15, -0.1) is 11.3 Å². The highest BCUT2D eigenvalue weighted by Crippen LogP contribution is 2.33. The summed E-state index contributed by atoms with van der Waals surface area (Å²) >= 11 is 1.60. The topological polar surface area (TPSA) is 87.8 Å². The molecule has 5 rings (SSSR count). The van der Waals surface area contributed by atoms with Gasteiger partial charge in [-0.2, -0.15) is 0 Å². The number of β-amino-alcohol motifs (C(OH)–C–C–N with tert-alkyl or cyclic N) is 1. The van der Waals surface area contributed by atoms with Gasteiger partial charge in [-0.05, 0) is 29.6 Å². The maximum Gasteiger partial charge on any atom is 0.225 e. The van der Waals surface area contributed by atoms with Gasteiger partial charge in [-0.1, -0.05) is 17.3 Å². The molecule has 9 heteroatoms. The van der Waals surface area contributed by atoms with Crippen LogP contribution >= 0.6 is 11.3 Å². The zero-order chi connectivity index (χ0) is 21.0. The maximum absolute atomic E-state index is 10.5. The first-order chi connectivity index (χ1) is 15.3. The van der Waals surface area contributed by atoms with Crippen molar-refractivity contribution in [3.8, 4) is 17.0 Å². The van der Waals surface area contributed by atoms with Crippen LogP contribution in [0, 0.1) is 0 Å². The lowest BCUT2D eigenvalue weighted by molar-refractivity contribution is 0.0662. The van der Waals surface area contributed by atoms with E-state index in [4.69, 9.17) is 9.26 Å². The molecule has 160 valence electrons. The number of nitrogens with zero attached hydrogens (tertiary/aromatic N) is 5. The minimum Gasteiger partial charge on any atom is -0.491 e. The third-order valence-electron chi connectivity index (χ3n) is 5.31. The van der Waals surface area contributed by atoms with Crippen LogP contribution in [-0.2, 0) is 0 Å². The van der Waals surface area contributed by atoms with E-state index in [2.05, 4.69) is 24.9 Å². The molecule has 0 radical (unpaired) electrons. The Balaban J connectivity index is 1.13. The third-order valence-corrected chi connectivity index (χ3v) is 6.21. The first kappa shape index (κ1) is 19.9. The minimum absolute atomic E-state index is 0.235. The van der Waals surface area contributed by atoms with Crippen molar-refractivity contribution in [2.24, 2.45) is 0 Å². The van der Waals surface area contributed by atoms with Crippen molar-refractivity contribution >= 4 is 27.6 Å². The van der Waals surface area contributed by atoms with Crippen LogP contribution in [0.25, 0.3) is 21.5 Å². The molecule has 3 aromatic heterocycles. The van der Waals surface area contributed by atoms with E-state index < -0.39 is 6.10 Å². The lowest BCUT2D eigenvalue weighted by Gasteiger charge is -2.35. The SMILES string of the molecule is O[C@@H](COc1cccc(-c2noc3ccsc23)c1)CN1CCN(c2ncccn2)CC1. The molecule has 0 bridgehead atoms. The van der Waals surface area contributed by atoms with E-state index in [1.807, 2.05) is 41.8 Å². The number of anilines is 1. The summed E-state index contributed by atoms with van der Waals surface area (Å²) in [5.41, 5.74) is 2.55. The number of hydrogen-bond acceptors (Lipinski definition) is 9. The Morgan fingerprint density at radius 2 is 1.94 bits per heavy atom. The normalized spacial score (nSPS) is 16.0. The van der Waals surface area contributed by atoms with Gasteiger partial charge in [-0.3, -0.25) is 4.90 Å². The zero-order valence-electron chi connectivity index (χ0n) is 16.9. The van der Waals surface area contributed by atoms with Gasteiger partial charge in [0, 0.05) is 50.7 Å². The van der Waals surface area contributed by atoms with Gasteiger partial charge in [0.05, 0.1) is 0 Å². The Morgan fingerprint density at radius 3 is 2.77 bits per heavy atom.